The highest BCUT2D eigenvalue weighted by molar-refractivity contribution is 9.10. The molecule has 1 fully saturated rings. The van der Waals surface area contributed by atoms with Gasteiger partial charge in [-0.1, -0.05) is 43.6 Å². The number of ether oxygens (including phenoxy) is 1. The second-order valence-corrected chi connectivity index (χ2v) is 7.40. The lowest BCUT2D eigenvalue weighted by atomic mass is 9.99. The van der Waals surface area contributed by atoms with Crippen LogP contribution in [-0.4, -0.2) is 12.9 Å². The summed E-state index contributed by atoms with van der Waals surface area (Å²) in [6.45, 7) is 10.6. The topological polar surface area (TPSA) is 26.3 Å². The van der Waals surface area contributed by atoms with Crippen molar-refractivity contribution < 1.29 is 9.53 Å². The maximum atomic E-state index is 12.8. The second kappa shape index (κ2) is 4.34. The summed E-state index contributed by atoms with van der Waals surface area (Å²) < 4.78 is 6.33. The van der Waals surface area contributed by atoms with Gasteiger partial charge in [-0.05, 0) is 35.4 Å². The molecule has 3 heteroatoms. The van der Waals surface area contributed by atoms with Gasteiger partial charge in [0.15, 0.2) is 5.78 Å². The molecule has 1 aromatic rings. The van der Waals surface area contributed by atoms with E-state index in [1.165, 1.54) is 0 Å². The number of carbonyl (C=O) groups is 1. The molecule has 0 heterocycles. The van der Waals surface area contributed by atoms with Crippen LogP contribution in [0.15, 0.2) is 16.6 Å². The molecule has 0 unspecified atom stereocenters. The molecule has 0 aliphatic heterocycles. The van der Waals surface area contributed by atoms with E-state index in [4.69, 9.17) is 4.74 Å². The highest BCUT2D eigenvalue weighted by Gasteiger charge is 2.68. The summed E-state index contributed by atoms with van der Waals surface area (Å²) in [5.74, 6) is 0.917. The van der Waals surface area contributed by atoms with Gasteiger partial charge in [-0.15, -0.1) is 0 Å². The summed E-state index contributed by atoms with van der Waals surface area (Å²) in [5, 5.41) is 0. The smallest absolute Gasteiger partial charge is 0.170 e. The first-order valence-corrected chi connectivity index (χ1v) is 7.32. The number of rotatable bonds is 3. The molecule has 0 amide bonds. The fourth-order valence-corrected chi connectivity index (χ4v) is 3.37. The number of ketones is 1. The lowest BCUT2D eigenvalue weighted by Crippen LogP contribution is -2.09. The molecule has 0 saturated heterocycles. The van der Waals surface area contributed by atoms with Gasteiger partial charge in [-0.25, -0.2) is 0 Å². The third kappa shape index (κ3) is 2.03. The van der Waals surface area contributed by atoms with E-state index in [2.05, 4.69) is 43.6 Å². The average Bonchev–Trinajstić information content (AvgIpc) is 2.72. The Balaban J connectivity index is 2.44. The van der Waals surface area contributed by atoms with E-state index in [9.17, 15) is 4.79 Å². The number of hydrogen-bond acceptors (Lipinski definition) is 2. The van der Waals surface area contributed by atoms with Gasteiger partial charge < -0.3 is 4.74 Å². The van der Waals surface area contributed by atoms with Crippen LogP contribution in [0.25, 0.3) is 0 Å². The number of benzene rings is 1. The summed E-state index contributed by atoms with van der Waals surface area (Å²) in [5.41, 5.74) is 1.85. The predicted octanol–water partition coefficient (Wildman–Crippen LogP) is 4.63. The van der Waals surface area contributed by atoms with Crippen molar-refractivity contribution >= 4 is 21.7 Å². The van der Waals surface area contributed by atoms with Crippen molar-refractivity contribution in [3.63, 3.8) is 0 Å². The SMILES string of the molecule is COc1cc(C)c(Br)cc1C(=O)C1C(C)(C)C1(C)C. The first kappa shape index (κ1) is 14.6. The zero-order chi connectivity index (χ0) is 14.6. The number of carbonyl (C=O) groups excluding carboxylic acids is 1. The van der Waals surface area contributed by atoms with Crippen LogP contribution >= 0.6 is 15.9 Å². The molecule has 1 saturated carbocycles. The molecule has 0 N–H and O–H groups in total. The van der Waals surface area contributed by atoms with Crippen LogP contribution in [0.3, 0.4) is 0 Å². The van der Waals surface area contributed by atoms with E-state index in [0.29, 0.717) is 11.3 Å². The quantitative estimate of drug-likeness (QED) is 0.757. The van der Waals surface area contributed by atoms with Crippen molar-refractivity contribution in [2.45, 2.75) is 34.6 Å². The van der Waals surface area contributed by atoms with Crippen molar-refractivity contribution in [3.05, 3.63) is 27.7 Å². The molecular formula is C16H21BrO2. The van der Waals surface area contributed by atoms with Crippen LogP contribution < -0.4 is 4.74 Å². The lowest BCUT2D eigenvalue weighted by Gasteiger charge is -2.11. The van der Waals surface area contributed by atoms with E-state index in [0.717, 1.165) is 10.0 Å². The average molecular weight is 325 g/mol. The first-order chi connectivity index (χ1) is 8.64. The number of halogens is 1. The molecule has 0 bridgehead atoms. The zero-order valence-electron chi connectivity index (χ0n) is 12.4. The fourth-order valence-electron chi connectivity index (χ4n) is 3.02. The van der Waals surface area contributed by atoms with Crippen LogP contribution in [0.2, 0.25) is 0 Å². The molecule has 0 atom stereocenters. The molecule has 2 nitrogen and oxygen atoms in total. The van der Waals surface area contributed by atoms with Crippen LogP contribution in [0.1, 0.15) is 43.6 Å². The molecule has 2 rings (SSSR count). The summed E-state index contributed by atoms with van der Waals surface area (Å²) in [4.78, 5) is 12.8. The third-order valence-electron chi connectivity index (χ3n) is 5.03. The van der Waals surface area contributed by atoms with Gasteiger partial charge >= 0.3 is 0 Å². The Bertz CT molecular complexity index is 530. The van der Waals surface area contributed by atoms with Crippen molar-refractivity contribution in [1.29, 1.82) is 0 Å². The number of Topliss-reactive ketones (excluding diaryl/α,β-unsaturated/α-hetero) is 1. The minimum Gasteiger partial charge on any atom is -0.496 e. The molecule has 1 aliphatic rings. The highest BCUT2D eigenvalue weighted by atomic mass is 79.9. The van der Waals surface area contributed by atoms with Gasteiger partial charge in [-0.2, -0.15) is 0 Å². The maximum absolute atomic E-state index is 12.8. The molecule has 0 spiro atoms. The Morgan fingerprint density at radius 1 is 1.21 bits per heavy atom. The Morgan fingerprint density at radius 2 is 1.74 bits per heavy atom. The van der Waals surface area contributed by atoms with Crippen molar-refractivity contribution in [2.75, 3.05) is 7.11 Å². The Morgan fingerprint density at radius 3 is 2.16 bits per heavy atom. The maximum Gasteiger partial charge on any atom is 0.170 e. The van der Waals surface area contributed by atoms with Gasteiger partial charge in [0.25, 0.3) is 0 Å². The van der Waals surface area contributed by atoms with E-state index in [1.54, 1.807) is 7.11 Å². The van der Waals surface area contributed by atoms with Crippen LogP contribution in [0, 0.1) is 23.7 Å². The van der Waals surface area contributed by atoms with E-state index in [1.807, 2.05) is 19.1 Å². The molecule has 1 aromatic carbocycles. The van der Waals surface area contributed by atoms with Crippen LogP contribution in [0.5, 0.6) is 5.75 Å². The monoisotopic (exact) mass is 324 g/mol. The summed E-state index contributed by atoms with van der Waals surface area (Å²) in [6.07, 6.45) is 0. The van der Waals surface area contributed by atoms with E-state index >= 15 is 0 Å². The fraction of sp³-hybridized carbons (Fsp3) is 0.562. The van der Waals surface area contributed by atoms with Crippen LogP contribution in [0.4, 0.5) is 0 Å². The minimum absolute atomic E-state index is 0.0481. The number of aryl methyl sites for hydroxylation is 1. The van der Waals surface area contributed by atoms with Crippen molar-refractivity contribution in [1.82, 2.24) is 0 Å². The van der Waals surface area contributed by atoms with Gasteiger partial charge in [0.05, 0.1) is 12.7 Å². The molecule has 0 radical (unpaired) electrons. The highest BCUT2D eigenvalue weighted by Crippen LogP contribution is 2.69. The number of hydrogen-bond donors (Lipinski definition) is 0. The minimum atomic E-state index is 0.0481. The van der Waals surface area contributed by atoms with Gasteiger partial charge in [0.1, 0.15) is 5.75 Å². The molecular weight excluding hydrogens is 304 g/mol. The molecule has 104 valence electrons. The van der Waals surface area contributed by atoms with Gasteiger partial charge in [0, 0.05) is 10.4 Å². The standard InChI is InChI=1S/C16H21BrO2/c1-9-7-12(19-6)10(8-11(9)17)13(18)14-15(2,3)16(14,4)5/h7-8,14H,1-6H3. The Kier molecular flexibility index (Phi) is 3.33. The molecule has 0 aromatic heterocycles. The van der Waals surface area contributed by atoms with Crippen molar-refractivity contribution in [3.8, 4) is 5.75 Å². The first-order valence-electron chi connectivity index (χ1n) is 6.53. The second-order valence-electron chi connectivity index (χ2n) is 6.54. The Hall–Kier alpha value is -0.830. The normalized spacial score (nSPS) is 20.2. The third-order valence-corrected chi connectivity index (χ3v) is 5.88. The zero-order valence-corrected chi connectivity index (χ0v) is 14.0. The van der Waals surface area contributed by atoms with Gasteiger partial charge in [-0.3, -0.25) is 4.79 Å². The van der Waals surface area contributed by atoms with Crippen LogP contribution in [-0.2, 0) is 0 Å². The van der Waals surface area contributed by atoms with Crippen molar-refractivity contribution in [2.24, 2.45) is 16.7 Å². The van der Waals surface area contributed by atoms with E-state index < -0.39 is 0 Å². The molecule has 19 heavy (non-hydrogen) atoms. The summed E-state index contributed by atoms with van der Waals surface area (Å²) in [7, 11) is 1.61. The Labute approximate surface area is 123 Å². The summed E-state index contributed by atoms with van der Waals surface area (Å²) >= 11 is 3.50. The van der Waals surface area contributed by atoms with E-state index in [-0.39, 0.29) is 22.5 Å². The largest absolute Gasteiger partial charge is 0.496 e. The summed E-state index contributed by atoms with van der Waals surface area (Å²) in [6, 6.07) is 3.81. The number of methoxy groups -OCH3 is 1. The molecule has 1 aliphatic carbocycles. The van der Waals surface area contributed by atoms with Gasteiger partial charge in [0.2, 0.25) is 0 Å². The predicted molar refractivity (Wildman–Crippen MR) is 80.8 cm³/mol. The lowest BCUT2D eigenvalue weighted by molar-refractivity contribution is 0.0942.